The number of alkyl carbamates (subject to hydrolysis) is 1. The summed E-state index contributed by atoms with van der Waals surface area (Å²) in [6, 6.07) is 4.70. The van der Waals surface area contributed by atoms with E-state index in [1.54, 1.807) is 52.0 Å². The molecule has 0 aliphatic heterocycles. The Morgan fingerprint density at radius 2 is 1.68 bits per heavy atom. The first kappa shape index (κ1) is 31.5. The molecule has 1 rings (SSSR count). The Morgan fingerprint density at radius 3 is 2.22 bits per heavy atom. The number of ether oxygens (including phenoxy) is 2. The maximum Gasteiger partial charge on any atom is 0.408 e. The van der Waals surface area contributed by atoms with Crippen molar-refractivity contribution in [2.24, 2.45) is 0 Å². The maximum absolute atomic E-state index is 13.7. The van der Waals surface area contributed by atoms with Crippen LogP contribution in [-0.2, 0) is 23.9 Å². The van der Waals surface area contributed by atoms with E-state index in [1.807, 2.05) is 0 Å². The third-order valence-electron chi connectivity index (χ3n) is 5.48. The number of methoxy groups -OCH3 is 1. The minimum atomic E-state index is -1.06. The molecule has 0 aromatic heterocycles. The lowest BCUT2D eigenvalue weighted by Gasteiger charge is -2.33. The van der Waals surface area contributed by atoms with E-state index < -0.39 is 41.6 Å². The number of unbranched alkanes of at least 4 members (excludes halogenated alkanes) is 4. The fourth-order valence-corrected chi connectivity index (χ4v) is 3.61. The lowest BCUT2D eigenvalue weighted by atomic mass is 10.0. The molecule has 0 saturated heterocycles. The van der Waals surface area contributed by atoms with Gasteiger partial charge in [-0.3, -0.25) is 14.4 Å². The molecule has 0 aliphatic carbocycles. The molecule has 9 nitrogen and oxygen atoms in total. The van der Waals surface area contributed by atoms with Gasteiger partial charge in [-0.25, -0.2) is 4.79 Å². The number of nitrogens with one attached hydrogen (secondary N) is 2. The summed E-state index contributed by atoms with van der Waals surface area (Å²) in [6.45, 7) is 8.76. The van der Waals surface area contributed by atoms with Gasteiger partial charge in [0.25, 0.3) is 0 Å². The number of carbonyl (C=O) groups excluding carboxylic acids is 4. The molecular formula is C28H41N3O6. The summed E-state index contributed by atoms with van der Waals surface area (Å²) in [5.74, 6) is 0.904. The highest BCUT2D eigenvalue weighted by Crippen LogP contribution is 2.24. The zero-order chi connectivity index (χ0) is 28.0. The number of amides is 3. The van der Waals surface area contributed by atoms with Crippen LogP contribution in [0.2, 0.25) is 0 Å². The zero-order valence-electron chi connectivity index (χ0n) is 22.9. The van der Waals surface area contributed by atoms with Crippen LogP contribution in [-0.4, -0.2) is 60.6 Å². The Kier molecular flexibility index (Phi) is 13.2. The summed E-state index contributed by atoms with van der Waals surface area (Å²) in [5, 5.41) is 5.12. The highest BCUT2D eigenvalue weighted by molar-refractivity contribution is 5.93. The summed E-state index contributed by atoms with van der Waals surface area (Å²) in [4.78, 5) is 52.5. The van der Waals surface area contributed by atoms with Crippen LogP contribution >= 0.6 is 0 Å². The van der Waals surface area contributed by atoms with Gasteiger partial charge in [0, 0.05) is 12.1 Å². The van der Waals surface area contributed by atoms with Crippen LogP contribution in [0.4, 0.5) is 4.79 Å². The van der Waals surface area contributed by atoms with Crippen LogP contribution in [0.25, 0.3) is 0 Å². The number of hydrogen-bond donors (Lipinski definition) is 2. The smallest absolute Gasteiger partial charge is 0.408 e. The minimum Gasteiger partial charge on any atom is -0.468 e. The van der Waals surface area contributed by atoms with Gasteiger partial charge in [-0.1, -0.05) is 50.7 Å². The lowest BCUT2D eigenvalue weighted by molar-refractivity contribution is -0.144. The molecule has 0 spiro atoms. The van der Waals surface area contributed by atoms with Gasteiger partial charge in [0.05, 0.1) is 7.11 Å². The van der Waals surface area contributed by atoms with Gasteiger partial charge in [0.15, 0.2) is 0 Å². The fraction of sp³-hybridized carbons (Fsp3) is 0.571. The molecule has 204 valence electrons. The average molecular weight is 516 g/mol. The van der Waals surface area contributed by atoms with Gasteiger partial charge in [-0.15, -0.1) is 6.42 Å². The van der Waals surface area contributed by atoms with E-state index in [-0.39, 0.29) is 13.1 Å². The number of esters is 1. The number of nitrogens with zero attached hydrogens (tertiary/aromatic N) is 1. The number of carbonyl (C=O) groups is 4. The highest BCUT2D eigenvalue weighted by Gasteiger charge is 2.34. The zero-order valence-corrected chi connectivity index (χ0v) is 22.9. The molecule has 37 heavy (non-hydrogen) atoms. The second-order valence-corrected chi connectivity index (χ2v) is 9.78. The first-order valence-electron chi connectivity index (χ1n) is 12.6. The van der Waals surface area contributed by atoms with E-state index >= 15 is 0 Å². The molecule has 1 aromatic carbocycles. The summed E-state index contributed by atoms with van der Waals surface area (Å²) < 4.78 is 9.92. The molecule has 2 atom stereocenters. The number of hydrogen-bond acceptors (Lipinski definition) is 6. The Bertz CT molecular complexity index is 946. The summed E-state index contributed by atoms with van der Waals surface area (Å²) >= 11 is 0. The molecule has 0 radical (unpaired) electrons. The maximum atomic E-state index is 13.7. The van der Waals surface area contributed by atoms with E-state index in [0.717, 1.165) is 25.7 Å². The molecule has 0 saturated carbocycles. The Labute approximate surface area is 220 Å². The molecule has 1 aromatic rings. The van der Waals surface area contributed by atoms with Gasteiger partial charge in [0.2, 0.25) is 11.8 Å². The van der Waals surface area contributed by atoms with Gasteiger partial charge >= 0.3 is 12.1 Å². The predicted octanol–water partition coefficient (Wildman–Crippen LogP) is 3.71. The van der Waals surface area contributed by atoms with Gasteiger partial charge in [-0.05, 0) is 51.8 Å². The van der Waals surface area contributed by atoms with Crippen LogP contribution in [0.5, 0.6) is 0 Å². The summed E-state index contributed by atoms with van der Waals surface area (Å²) in [5.41, 5.74) is 0.406. The SMILES string of the molecule is C#Cc1ccc(C(C(=O)NCC(=O)OC)N(CCCCCCC)C(=O)C(C)NC(=O)OC(C)(C)C)cc1. The molecule has 0 aliphatic rings. The van der Waals surface area contributed by atoms with Crippen molar-refractivity contribution in [2.75, 3.05) is 20.2 Å². The summed E-state index contributed by atoms with van der Waals surface area (Å²) in [7, 11) is 1.22. The van der Waals surface area contributed by atoms with Gasteiger partial charge in [0.1, 0.15) is 24.2 Å². The first-order valence-corrected chi connectivity index (χ1v) is 12.6. The molecule has 3 amide bonds. The van der Waals surface area contributed by atoms with Gasteiger partial charge in [-0.2, -0.15) is 0 Å². The standard InChI is InChI=1S/C28H41N3O6/c1-8-10-11-12-13-18-31(26(34)20(3)30-27(35)37-28(4,5)6)24(25(33)29-19-23(32)36-7)22-16-14-21(9-2)15-17-22/h2,14-17,20,24H,8,10-13,18-19H2,1,3-7H3,(H,29,33)(H,30,35). The third kappa shape index (κ3) is 11.4. The molecule has 9 heteroatoms. The van der Waals surface area contributed by atoms with Crippen molar-refractivity contribution >= 4 is 23.9 Å². The van der Waals surface area contributed by atoms with E-state index in [1.165, 1.54) is 12.0 Å². The van der Waals surface area contributed by atoms with Crippen LogP contribution in [0.15, 0.2) is 24.3 Å². The molecule has 0 bridgehead atoms. The van der Waals surface area contributed by atoms with E-state index in [0.29, 0.717) is 17.5 Å². The topological polar surface area (TPSA) is 114 Å². The van der Waals surface area contributed by atoms with Crippen LogP contribution in [0, 0.1) is 12.3 Å². The molecule has 0 fully saturated rings. The van der Waals surface area contributed by atoms with Crippen molar-refractivity contribution in [3.8, 4) is 12.3 Å². The largest absolute Gasteiger partial charge is 0.468 e. The Hall–Kier alpha value is -3.54. The monoisotopic (exact) mass is 515 g/mol. The average Bonchev–Trinajstić information content (AvgIpc) is 2.84. The predicted molar refractivity (Wildman–Crippen MR) is 141 cm³/mol. The highest BCUT2D eigenvalue weighted by atomic mass is 16.6. The lowest BCUT2D eigenvalue weighted by Crippen LogP contribution is -2.52. The van der Waals surface area contributed by atoms with Crippen LogP contribution in [0.1, 0.15) is 83.9 Å². The molecular weight excluding hydrogens is 474 g/mol. The quantitative estimate of drug-likeness (QED) is 0.235. The summed E-state index contributed by atoms with van der Waals surface area (Å²) in [6.07, 6.45) is 9.42. The van der Waals surface area contributed by atoms with Crippen molar-refractivity contribution in [2.45, 2.75) is 84.4 Å². The Morgan fingerprint density at radius 1 is 1.05 bits per heavy atom. The van der Waals surface area contributed by atoms with E-state index in [4.69, 9.17) is 11.2 Å². The van der Waals surface area contributed by atoms with Crippen molar-refractivity contribution < 1.29 is 28.7 Å². The van der Waals surface area contributed by atoms with E-state index in [2.05, 4.69) is 28.2 Å². The number of terminal acetylenes is 1. The fourth-order valence-electron chi connectivity index (χ4n) is 3.61. The third-order valence-corrected chi connectivity index (χ3v) is 5.48. The normalized spacial score (nSPS) is 12.5. The van der Waals surface area contributed by atoms with Gasteiger partial charge < -0.3 is 25.0 Å². The van der Waals surface area contributed by atoms with Crippen molar-refractivity contribution in [3.05, 3.63) is 35.4 Å². The minimum absolute atomic E-state index is 0.274. The molecule has 2 N–H and O–H groups in total. The van der Waals surface area contributed by atoms with E-state index in [9.17, 15) is 19.2 Å². The van der Waals surface area contributed by atoms with Crippen molar-refractivity contribution in [3.63, 3.8) is 0 Å². The molecule has 0 heterocycles. The van der Waals surface area contributed by atoms with Crippen molar-refractivity contribution in [1.29, 1.82) is 0 Å². The van der Waals surface area contributed by atoms with Crippen LogP contribution < -0.4 is 10.6 Å². The second kappa shape index (κ2) is 15.5. The van der Waals surface area contributed by atoms with Crippen LogP contribution in [0.3, 0.4) is 0 Å². The second-order valence-electron chi connectivity index (χ2n) is 9.78. The van der Waals surface area contributed by atoms with Crippen molar-refractivity contribution in [1.82, 2.24) is 15.5 Å². The first-order chi connectivity index (χ1) is 17.4. The number of benzene rings is 1. The molecule has 2 unspecified atom stereocenters. The Balaban J connectivity index is 3.31. The number of rotatable bonds is 13.